The van der Waals surface area contributed by atoms with Crippen molar-refractivity contribution in [2.24, 2.45) is 10.2 Å². The van der Waals surface area contributed by atoms with Crippen LogP contribution >= 0.6 is 0 Å². The molecule has 0 saturated carbocycles. The molecule has 0 radical (unpaired) electrons. The highest BCUT2D eigenvalue weighted by Gasteiger charge is 2.21. The highest BCUT2D eigenvalue weighted by Crippen LogP contribution is 2.07. The standard InChI is InChI=1S/C3H7BN2O2/c1-3(2)4(5-7)6-8/h3H,1-2H3. The molecule has 8 heavy (non-hydrogen) atoms. The molecule has 0 atom stereocenters. The zero-order valence-electron chi connectivity index (χ0n) is 4.87. The Morgan fingerprint density at radius 2 is 1.62 bits per heavy atom. The first-order valence-corrected chi connectivity index (χ1v) is 2.37. The van der Waals surface area contributed by atoms with Crippen molar-refractivity contribution < 1.29 is 0 Å². The van der Waals surface area contributed by atoms with Gasteiger partial charge >= 0.3 is 6.98 Å². The van der Waals surface area contributed by atoms with Crippen molar-refractivity contribution in [2.45, 2.75) is 19.7 Å². The first-order chi connectivity index (χ1) is 3.72. The normalized spacial score (nSPS) is 8.88. The van der Waals surface area contributed by atoms with Gasteiger partial charge in [0.15, 0.2) is 0 Å². The molecule has 0 aliphatic heterocycles. The number of nitrogens with zero attached hydrogens (tertiary/aromatic N) is 2. The van der Waals surface area contributed by atoms with Gasteiger partial charge in [0.05, 0.1) is 0 Å². The molecule has 0 spiro atoms. The molecule has 0 rings (SSSR count). The fourth-order valence-corrected chi connectivity index (χ4v) is 0.263. The number of hydrogen-bond donors (Lipinski definition) is 0. The van der Waals surface area contributed by atoms with Gasteiger partial charge in [0.1, 0.15) is 0 Å². The molecule has 0 fully saturated rings. The van der Waals surface area contributed by atoms with Crippen LogP contribution < -0.4 is 0 Å². The topological polar surface area (TPSA) is 58.9 Å². The molecular formula is C3H7BN2O2. The predicted molar refractivity (Wildman–Crippen MR) is 32.4 cm³/mol. The van der Waals surface area contributed by atoms with Crippen molar-refractivity contribution >= 4 is 6.98 Å². The molecule has 0 heterocycles. The second-order valence-corrected chi connectivity index (χ2v) is 1.87. The lowest BCUT2D eigenvalue weighted by atomic mass is 9.67. The smallest absolute Gasteiger partial charge is 0.165 e. The Bertz CT molecular complexity index is 87.3. The van der Waals surface area contributed by atoms with E-state index in [4.69, 9.17) is 0 Å². The minimum absolute atomic E-state index is 0.0787. The van der Waals surface area contributed by atoms with Gasteiger partial charge in [0, 0.05) is 0 Å². The van der Waals surface area contributed by atoms with E-state index in [1.807, 2.05) is 0 Å². The van der Waals surface area contributed by atoms with Gasteiger partial charge in [-0.15, -0.1) is 10.2 Å². The van der Waals surface area contributed by atoms with Gasteiger partial charge in [-0.3, -0.25) is 0 Å². The van der Waals surface area contributed by atoms with Crippen LogP contribution in [0.15, 0.2) is 10.2 Å². The molecule has 0 aliphatic rings. The van der Waals surface area contributed by atoms with Crippen LogP contribution in [0, 0.1) is 9.81 Å². The first kappa shape index (κ1) is 7.26. The van der Waals surface area contributed by atoms with Gasteiger partial charge in [-0.05, 0) is 5.82 Å². The monoisotopic (exact) mass is 114 g/mol. The molecule has 0 aromatic rings. The van der Waals surface area contributed by atoms with Crippen LogP contribution in [0.4, 0.5) is 0 Å². The quantitative estimate of drug-likeness (QED) is 0.411. The molecule has 0 aliphatic carbocycles. The summed E-state index contributed by atoms with van der Waals surface area (Å²) in [5.41, 5.74) is 0. The van der Waals surface area contributed by atoms with E-state index in [0.717, 1.165) is 0 Å². The molecule has 4 nitrogen and oxygen atoms in total. The van der Waals surface area contributed by atoms with Crippen LogP contribution in [0.3, 0.4) is 0 Å². The lowest BCUT2D eigenvalue weighted by molar-refractivity contribution is 1.02. The largest absolute Gasteiger partial charge is 0.519 e. The Hall–Kier alpha value is -0.735. The molecule has 0 unspecified atom stereocenters. The summed E-state index contributed by atoms with van der Waals surface area (Å²) in [5, 5.41) is 4.95. The summed E-state index contributed by atoms with van der Waals surface area (Å²) in [4.78, 5) is 19.3. The summed E-state index contributed by atoms with van der Waals surface area (Å²) in [6, 6.07) is 0. The number of rotatable bonds is 3. The van der Waals surface area contributed by atoms with Crippen molar-refractivity contribution in [3.63, 3.8) is 0 Å². The summed E-state index contributed by atoms with van der Waals surface area (Å²) < 4.78 is 0. The molecule has 5 heteroatoms. The van der Waals surface area contributed by atoms with Crippen LogP contribution in [0.5, 0.6) is 0 Å². The third-order valence-electron chi connectivity index (χ3n) is 0.812. The van der Waals surface area contributed by atoms with Gasteiger partial charge in [-0.1, -0.05) is 13.8 Å². The average molecular weight is 114 g/mol. The Morgan fingerprint density at radius 1 is 1.25 bits per heavy atom. The molecule has 0 saturated heterocycles. The number of hydrogen-bond acceptors (Lipinski definition) is 4. The van der Waals surface area contributed by atoms with E-state index in [1.54, 1.807) is 13.8 Å². The molecule has 0 aromatic heterocycles. The zero-order valence-corrected chi connectivity index (χ0v) is 4.87. The highest BCUT2D eigenvalue weighted by molar-refractivity contribution is 6.56. The number of nitroso groups, excluding NO2 is 2. The maximum Gasteiger partial charge on any atom is 0.519 e. The van der Waals surface area contributed by atoms with Crippen LogP contribution in [0.2, 0.25) is 5.82 Å². The van der Waals surface area contributed by atoms with Gasteiger partial charge in [0.2, 0.25) is 0 Å². The van der Waals surface area contributed by atoms with Crippen molar-refractivity contribution in [1.29, 1.82) is 0 Å². The third kappa shape index (κ3) is 1.81. The van der Waals surface area contributed by atoms with Gasteiger partial charge in [-0.25, -0.2) is 0 Å². The Kier molecular flexibility index (Phi) is 2.99. The maximum absolute atomic E-state index is 9.63. The van der Waals surface area contributed by atoms with Crippen molar-refractivity contribution in [1.82, 2.24) is 0 Å². The van der Waals surface area contributed by atoms with Crippen LogP contribution in [-0.2, 0) is 0 Å². The fourth-order valence-electron chi connectivity index (χ4n) is 0.263. The second kappa shape index (κ2) is 3.29. The SMILES string of the molecule is CC(C)B(N=O)N=O. The Morgan fingerprint density at radius 3 is 1.62 bits per heavy atom. The van der Waals surface area contributed by atoms with E-state index in [1.165, 1.54) is 0 Å². The highest BCUT2D eigenvalue weighted by atomic mass is 16.3. The van der Waals surface area contributed by atoms with Crippen LogP contribution in [0.1, 0.15) is 13.8 Å². The van der Waals surface area contributed by atoms with Crippen molar-refractivity contribution in [2.75, 3.05) is 0 Å². The molecule has 0 aromatic carbocycles. The van der Waals surface area contributed by atoms with Gasteiger partial charge in [-0.2, -0.15) is 9.81 Å². The van der Waals surface area contributed by atoms with E-state index in [0.29, 0.717) is 0 Å². The summed E-state index contributed by atoms with van der Waals surface area (Å²) in [6.45, 7) is 2.52. The average Bonchev–Trinajstić information content (AvgIpc) is 1.69. The zero-order chi connectivity index (χ0) is 6.57. The molecular weight excluding hydrogens is 107 g/mol. The van der Waals surface area contributed by atoms with E-state index in [-0.39, 0.29) is 5.82 Å². The Balaban J connectivity index is 3.68. The summed E-state index contributed by atoms with van der Waals surface area (Å²) >= 11 is 0. The third-order valence-corrected chi connectivity index (χ3v) is 0.812. The lowest BCUT2D eigenvalue weighted by Crippen LogP contribution is -2.08. The summed E-state index contributed by atoms with van der Waals surface area (Å²) in [7, 11) is 0. The van der Waals surface area contributed by atoms with E-state index in [2.05, 4.69) is 10.2 Å². The minimum Gasteiger partial charge on any atom is -0.165 e. The van der Waals surface area contributed by atoms with E-state index >= 15 is 0 Å². The van der Waals surface area contributed by atoms with Gasteiger partial charge in [0.25, 0.3) is 0 Å². The van der Waals surface area contributed by atoms with E-state index in [9.17, 15) is 9.81 Å². The second-order valence-electron chi connectivity index (χ2n) is 1.87. The maximum atomic E-state index is 9.63. The van der Waals surface area contributed by atoms with Crippen molar-refractivity contribution in [3.8, 4) is 0 Å². The predicted octanol–water partition coefficient (Wildman–Crippen LogP) is 1.42. The van der Waals surface area contributed by atoms with Crippen LogP contribution in [0.25, 0.3) is 0 Å². The summed E-state index contributed by atoms with van der Waals surface area (Å²) in [5.74, 6) is -0.0787. The minimum atomic E-state index is -0.907. The first-order valence-electron chi connectivity index (χ1n) is 2.37. The molecule has 44 valence electrons. The molecule has 0 N–H and O–H groups in total. The fraction of sp³-hybridized carbons (Fsp3) is 1.00. The van der Waals surface area contributed by atoms with Crippen molar-refractivity contribution in [3.05, 3.63) is 9.81 Å². The summed E-state index contributed by atoms with van der Waals surface area (Å²) in [6.07, 6.45) is 0. The van der Waals surface area contributed by atoms with E-state index < -0.39 is 6.98 Å². The molecule has 0 amide bonds. The lowest BCUT2D eigenvalue weighted by Gasteiger charge is -1.94. The van der Waals surface area contributed by atoms with Crippen LogP contribution in [-0.4, -0.2) is 6.98 Å². The molecule has 0 bridgehead atoms. The van der Waals surface area contributed by atoms with Gasteiger partial charge < -0.3 is 0 Å². The Labute approximate surface area is 47.7 Å².